The minimum Gasteiger partial charge on any atom is -0.496 e. The molecule has 0 atom stereocenters. The van der Waals surface area contributed by atoms with E-state index in [2.05, 4.69) is 11.6 Å². The van der Waals surface area contributed by atoms with Crippen molar-refractivity contribution in [3.8, 4) is 17.2 Å². The van der Waals surface area contributed by atoms with Gasteiger partial charge in [0, 0.05) is 18.7 Å². The molecule has 0 radical (unpaired) electrons. The van der Waals surface area contributed by atoms with Gasteiger partial charge >= 0.3 is 0 Å². The number of aromatic nitrogens is 1. The molecule has 3 aromatic rings. The first-order valence-electron chi connectivity index (χ1n) is 7.97. The van der Waals surface area contributed by atoms with Crippen LogP contribution in [-0.2, 0) is 6.54 Å². The molecular weight excluding hydrogens is 352 g/mol. The molecule has 2 aromatic carbocycles. The fraction of sp³-hybridized carbons (Fsp3) is 0.158. The molecule has 0 aliphatic carbocycles. The van der Waals surface area contributed by atoms with E-state index in [1.807, 2.05) is 22.8 Å². The third kappa shape index (κ3) is 2.76. The summed E-state index contributed by atoms with van der Waals surface area (Å²) in [5.41, 5.74) is 1.34. The number of nitrogens with zero attached hydrogens (tertiary/aromatic N) is 2. The van der Waals surface area contributed by atoms with Crippen LogP contribution in [0.25, 0.3) is 10.2 Å². The number of para-hydroxylation sites is 1. The standard InChI is InChI=1S/C19H16N2O4S/c1-3-8-21-13-9-15-16(25-11-24-15)10-17(13)26-19(21)20-18(22)12-6-4-5-7-14(12)23-2/h3-7,9-10H,1,8,11H2,2H3. The minimum atomic E-state index is -0.355. The number of fused-ring (bicyclic) bond motifs is 2. The lowest BCUT2D eigenvalue weighted by Crippen LogP contribution is -2.16. The van der Waals surface area contributed by atoms with Crippen LogP contribution in [0.3, 0.4) is 0 Å². The van der Waals surface area contributed by atoms with Gasteiger partial charge in [0.15, 0.2) is 16.3 Å². The summed E-state index contributed by atoms with van der Waals surface area (Å²) in [6, 6.07) is 10.9. The first-order chi connectivity index (χ1) is 12.7. The van der Waals surface area contributed by atoms with Crippen molar-refractivity contribution >= 4 is 27.5 Å². The number of hydrogen-bond donors (Lipinski definition) is 0. The van der Waals surface area contributed by atoms with E-state index in [0.29, 0.717) is 34.2 Å². The summed E-state index contributed by atoms with van der Waals surface area (Å²) < 4.78 is 19.1. The Morgan fingerprint density at radius 2 is 2.12 bits per heavy atom. The monoisotopic (exact) mass is 368 g/mol. The first kappa shape index (κ1) is 16.4. The summed E-state index contributed by atoms with van der Waals surface area (Å²) in [5.74, 6) is 1.54. The number of benzene rings is 2. The predicted molar refractivity (Wildman–Crippen MR) is 99.0 cm³/mol. The van der Waals surface area contributed by atoms with E-state index in [-0.39, 0.29) is 12.7 Å². The quantitative estimate of drug-likeness (QED) is 0.663. The topological polar surface area (TPSA) is 62.1 Å². The molecule has 1 amide bonds. The van der Waals surface area contributed by atoms with Crippen molar-refractivity contribution in [2.45, 2.75) is 6.54 Å². The van der Waals surface area contributed by atoms with E-state index in [4.69, 9.17) is 14.2 Å². The molecule has 0 N–H and O–H groups in total. The second-order valence-corrected chi connectivity index (χ2v) is 6.58. The molecule has 7 heteroatoms. The van der Waals surface area contributed by atoms with E-state index in [0.717, 1.165) is 10.2 Å². The van der Waals surface area contributed by atoms with Crippen LogP contribution in [0.2, 0.25) is 0 Å². The Bertz CT molecular complexity index is 1080. The van der Waals surface area contributed by atoms with Crippen molar-refractivity contribution in [3.63, 3.8) is 0 Å². The number of ether oxygens (including phenoxy) is 3. The Balaban J connectivity index is 1.87. The number of carbonyl (C=O) groups excluding carboxylic acids is 1. The zero-order chi connectivity index (χ0) is 18.1. The summed E-state index contributed by atoms with van der Waals surface area (Å²) in [6.07, 6.45) is 1.77. The molecule has 0 bridgehead atoms. The highest BCUT2D eigenvalue weighted by molar-refractivity contribution is 7.16. The van der Waals surface area contributed by atoms with Crippen LogP contribution in [-0.4, -0.2) is 24.4 Å². The zero-order valence-electron chi connectivity index (χ0n) is 14.1. The number of amides is 1. The van der Waals surface area contributed by atoms with Crippen molar-refractivity contribution in [1.29, 1.82) is 0 Å². The predicted octanol–water partition coefficient (Wildman–Crippen LogP) is 3.37. The highest BCUT2D eigenvalue weighted by Crippen LogP contribution is 2.37. The van der Waals surface area contributed by atoms with Gasteiger partial charge in [0.05, 0.1) is 22.9 Å². The van der Waals surface area contributed by atoms with Gasteiger partial charge in [0.2, 0.25) is 6.79 Å². The Morgan fingerprint density at radius 1 is 1.35 bits per heavy atom. The minimum absolute atomic E-state index is 0.220. The first-order valence-corrected chi connectivity index (χ1v) is 8.79. The maximum Gasteiger partial charge on any atom is 0.283 e. The normalized spacial score (nSPS) is 13.2. The van der Waals surface area contributed by atoms with Gasteiger partial charge in [-0.3, -0.25) is 4.79 Å². The lowest BCUT2D eigenvalue weighted by Gasteiger charge is -2.04. The van der Waals surface area contributed by atoms with Gasteiger partial charge < -0.3 is 18.8 Å². The molecule has 0 saturated heterocycles. The lowest BCUT2D eigenvalue weighted by atomic mass is 10.2. The molecule has 2 heterocycles. The Hall–Kier alpha value is -3.06. The second-order valence-electron chi connectivity index (χ2n) is 5.57. The molecule has 6 nitrogen and oxygen atoms in total. The van der Waals surface area contributed by atoms with Gasteiger partial charge in [-0.25, -0.2) is 0 Å². The number of hydrogen-bond acceptors (Lipinski definition) is 5. The average molecular weight is 368 g/mol. The smallest absolute Gasteiger partial charge is 0.283 e. The van der Waals surface area contributed by atoms with Crippen molar-refractivity contribution in [1.82, 2.24) is 4.57 Å². The molecule has 1 aliphatic rings. The summed E-state index contributed by atoms with van der Waals surface area (Å²) in [4.78, 5) is 17.6. The van der Waals surface area contributed by atoms with Crippen LogP contribution in [0, 0.1) is 0 Å². The van der Waals surface area contributed by atoms with Gasteiger partial charge in [-0.15, -0.1) is 6.58 Å². The molecule has 0 spiro atoms. The number of allylic oxidation sites excluding steroid dienone is 1. The maximum atomic E-state index is 12.7. The van der Waals surface area contributed by atoms with Crippen molar-refractivity contribution in [3.05, 3.63) is 59.4 Å². The van der Waals surface area contributed by atoms with Gasteiger partial charge in [-0.1, -0.05) is 29.5 Å². The van der Waals surface area contributed by atoms with E-state index in [1.165, 1.54) is 18.4 Å². The van der Waals surface area contributed by atoms with E-state index >= 15 is 0 Å². The van der Waals surface area contributed by atoms with E-state index in [9.17, 15) is 4.79 Å². The summed E-state index contributed by atoms with van der Waals surface area (Å²) >= 11 is 1.42. The highest BCUT2D eigenvalue weighted by atomic mass is 32.1. The zero-order valence-corrected chi connectivity index (χ0v) is 14.9. The molecule has 0 fully saturated rings. The van der Waals surface area contributed by atoms with Crippen molar-refractivity contribution in [2.75, 3.05) is 13.9 Å². The SMILES string of the molecule is C=CCn1c(=NC(=O)c2ccccc2OC)sc2cc3c(cc21)OCO3. The average Bonchev–Trinajstić information content (AvgIpc) is 3.24. The summed E-state index contributed by atoms with van der Waals surface area (Å²) in [6.45, 7) is 4.55. The van der Waals surface area contributed by atoms with Crippen LogP contribution < -0.4 is 19.0 Å². The Labute approximate surface area is 153 Å². The Kier molecular flexibility index (Phi) is 4.22. The number of thiazole rings is 1. The van der Waals surface area contributed by atoms with Crippen LogP contribution in [0.1, 0.15) is 10.4 Å². The molecule has 132 valence electrons. The third-order valence-electron chi connectivity index (χ3n) is 4.02. The van der Waals surface area contributed by atoms with Crippen LogP contribution >= 0.6 is 11.3 Å². The van der Waals surface area contributed by atoms with E-state index in [1.54, 1.807) is 24.3 Å². The summed E-state index contributed by atoms with van der Waals surface area (Å²) in [5, 5.41) is 0. The summed E-state index contributed by atoms with van der Waals surface area (Å²) in [7, 11) is 1.53. The van der Waals surface area contributed by atoms with Gasteiger partial charge in [0.1, 0.15) is 5.75 Å². The number of rotatable bonds is 4. The van der Waals surface area contributed by atoms with Crippen LogP contribution in [0.5, 0.6) is 17.2 Å². The molecule has 1 aliphatic heterocycles. The maximum absolute atomic E-state index is 12.7. The van der Waals surface area contributed by atoms with Gasteiger partial charge in [-0.2, -0.15) is 4.99 Å². The molecule has 0 saturated carbocycles. The van der Waals surface area contributed by atoms with E-state index < -0.39 is 0 Å². The van der Waals surface area contributed by atoms with Gasteiger partial charge in [-0.05, 0) is 12.1 Å². The second kappa shape index (κ2) is 6.68. The van der Waals surface area contributed by atoms with Gasteiger partial charge in [0.25, 0.3) is 5.91 Å². The number of methoxy groups -OCH3 is 1. The fourth-order valence-corrected chi connectivity index (χ4v) is 3.87. The van der Waals surface area contributed by atoms with Crippen molar-refractivity contribution < 1.29 is 19.0 Å². The largest absolute Gasteiger partial charge is 0.496 e. The van der Waals surface area contributed by atoms with Crippen LogP contribution in [0.4, 0.5) is 0 Å². The van der Waals surface area contributed by atoms with Crippen molar-refractivity contribution in [2.24, 2.45) is 4.99 Å². The fourth-order valence-electron chi connectivity index (χ4n) is 2.82. The van der Waals surface area contributed by atoms with Crippen LogP contribution in [0.15, 0.2) is 54.0 Å². The molecular formula is C19H16N2O4S. The third-order valence-corrected chi connectivity index (χ3v) is 5.06. The molecule has 1 aromatic heterocycles. The number of carbonyl (C=O) groups is 1. The molecule has 4 rings (SSSR count). The highest BCUT2D eigenvalue weighted by Gasteiger charge is 2.18. The Morgan fingerprint density at radius 3 is 2.88 bits per heavy atom. The molecule has 26 heavy (non-hydrogen) atoms. The lowest BCUT2D eigenvalue weighted by molar-refractivity contribution is 0.0995. The molecule has 0 unspecified atom stereocenters.